The molecule has 0 atom stereocenters. The number of aryl methyl sites for hydroxylation is 2. The van der Waals surface area contributed by atoms with Gasteiger partial charge in [0.1, 0.15) is 5.75 Å². The molecule has 0 N–H and O–H groups in total. The molecule has 0 bridgehead atoms. The van der Waals surface area contributed by atoms with Crippen LogP contribution in [0.1, 0.15) is 27.0 Å². The molecule has 1 heterocycles. The van der Waals surface area contributed by atoms with Crippen molar-refractivity contribution in [1.82, 2.24) is 4.98 Å². The van der Waals surface area contributed by atoms with Crippen molar-refractivity contribution in [2.24, 2.45) is 0 Å². The van der Waals surface area contributed by atoms with E-state index in [4.69, 9.17) is 30.5 Å². The summed E-state index contributed by atoms with van der Waals surface area (Å²) in [6, 6.07) is 1.65. The molecule has 134 valence electrons. The van der Waals surface area contributed by atoms with Gasteiger partial charge in [-0.1, -0.05) is 11.6 Å². The summed E-state index contributed by atoms with van der Waals surface area (Å²) >= 11 is 5.69. The number of halogens is 1. The molecule has 0 unspecified atom stereocenters. The van der Waals surface area contributed by atoms with E-state index in [-0.39, 0.29) is 11.8 Å². The smallest absolute Gasteiger partial charge is 0.204 e. The Bertz CT molecular complexity index is 792. The van der Waals surface area contributed by atoms with Crippen LogP contribution in [0.25, 0.3) is 0 Å². The second-order valence-corrected chi connectivity index (χ2v) is 5.47. The average Bonchev–Trinajstić information content (AvgIpc) is 2.61. The Kier molecular flexibility index (Phi) is 6.09. The predicted molar refractivity (Wildman–Crippen MR) is 94.6 cm³/mol. The summed E-state index contributed by atoms with van der Waals surface area (Å²) in [4.78, 5) is 17.3. The summed E-state index contributed by atoms with van der Waals surface area (Å²) in [5.41, 5.74) is 2.04. The van der Waals surface area contributed by atoms with Crippen molar-refractivity contribution in [3.63, 3.8) is 0 Å². The van der Waals surface area contributed by atoms with Crippen molar-refractivity contribution in [2.75, 3.05) is 27.4 Å². The fraction of sp³-hybridized carbons (Fsp3) is 0.333. The van der Waals surface area contributed by atoms with Gasteiger partial charge in [0.15, 0.2) is 17.6 Å². The maximum atomic E-state index is 13.2. The molecular weight excluding hydrogens is 346 g/mol. The first-order valence-corrected chi connectivity index (χ1v) is 8.01. The fourth-order valence-electron chi connectivity index (χ4n) is 2.66. The molecule has 0 amide bonds. The number of alkyl halides is 1. The molecule has 6 nitrogen and oxygen atoms in total. The third-order valence-electron chi connectivity index (χ3n) is 3.77. The lowest BCUT2D eigenvalue weighted by atomic mass is 9.96. The molecule has 0 aliphatic rings. The molecule has 1 aromatic carbocycles. The van der Waals surface area contributed by atoms with Crippen LogP contribution in [0.2, 0.25) is 0 Å². The largest absolute Gasteiger partial charge is 0.493 e. The van der Waals surface area contributed by atoms with Gasteiger partial charge in [-0.2, -0.15) is 0 Å². The van der Waals surface area contributed by atoms with Crippen LogP contribution < -0.4 is 18.9 Å². The van der Waals surface area contributed by atoms with Crippen LogP contribution in [0, 0.1) is 13.8 Å². The highest BCUT2D eigenvalue weighted by molar-refractivity contribution is 6.17. The number of rotatable bonds is 7. The predicted octanol–water partition coefficient (Wildman–Crippen LogP) is 3.53. The van der Waals surface area contributed by atoms with Gasteiger partial charge in [0.25, 0.3) is 0 Å². The van der Waals surface area contributed by atoms with E-state index in [9.17, 15) is 4.79 Å². The number of hydrogen-bond donors (Lipinski definition) is 0. The van der Waals surface area contributed by atoms with Crippen LogP contribution in [0.4, 0.5) is 0 Å². The van der Waals surface area contributed by atoms with E-state index in [1.807, 2.05) is 0 Å². The van der Waals surface area contributed by atoms with Gasteiger partial charge in [-0.25, -0.2) is 0 Å². The molecule has 2 rings (SSSR count). The average molecular weight is 366 g/mol. The van der Waals surface area contributed by atoms with Crippen LogP contribution in [-0.4, -0.2) is 38.2 Å². The Hall–Kier alpha value is -2.47. The third-order valence-corrected chi connectivity index (χ3v) is 3.88. The lowest BCUT2D eigenvalue weighted by Crippen LogP contribution is -2.11. The SMILES string of the molecule is COc1cc(C)c(C(=O)c2cncc(C)c2OCCl)c(OC)c1OC. The summed E-state index contributed by atoms with van der Waals surface area (Å²) < 4.78 is 21.6. The van der Waals surface area contributed by atoms with Gasteiger partial charge in [-0.15, -0.1) is 0 Å². The fourth-order valence-corrected chi connectivity index (χ4v) is 2.77. The standard InChI is InChI=1S/C18H20ClNO5/c1-10-6-13(22-3)17(23-4)18(24-5)14(10)15(21)12-8-20-7-11(2)16(12)25-9-19/h6-8H,9H2,1-5H3. The molecule has 0 fully saturated rings. The zero-order valence-corrected chi connectivity index (χ0v) is 15.6. The number of ketones is 1. The first-order chi connectivity index (χ1) is 12.0. The molecular formula is C18H20ClNO5. The number of carbonyl (C=O) groups excluding carboxylic acids is 1. The number of hydrogen-bond acceptors (Lipinski definition) is 6. The zero-order valence-electron chi connectivity index (χ0n) is 14.8. The molecule has 2 aromatic rings. The van der Waals surface area contributed by atoms with Crippen LogP contribution in [0.5, 0.6) is 23.0 Å². The number of benzene rings is 1. The van der Waals surface area contributed by atoms with Gasteiger partial charge in [0.05, 0.1) is 32.5 Å². The molecule has 7 heteroatoms. The van der Waals surface area contributed by atoms with Crippen molar-refractivity contribution in [1.29, 1.82) is 0 Å². The third kappa shape index (κ3) is 3.49. The highest BCUT2D eigenvalue weighted by Gasteiger charge is 2.27. The summed E-state index contributed by atoms with van der Waals surface area (Å²) in [6.07, 6.45) is 3.06. The lowest BCUT2D eigenvalue weighted by Gasteiger charge is -2.18. The second-order valence-electron chi connectivity index (χ2n) is 5.25. The summed E-state index contributed by atoms with van der Waals surface area (Å²) in [7, 11) is 4.48. The molecule has 0 saturated carbocycles. The Labute approximate surface area is 151 Å². The van der Waals surface area contributed by atoms with Crippen LogP contribution >= 0.6 is 11.6 Å². The Morgan fingerprint density at radius 3 is 2.24 bits per heavy atom. The lowest BCUT2D eigenvalue weighted by molar-refractivity contribution is 0.103. The second kappa shape index (κ2) is 8.07. The molecule has 0 aliphatic carbocycles. The summed E-state index contributed by atoms with van der Waals surface area (Å²) in [6.45, 7) is 3.59. The highest BCUT2D eigenvalue weighted by atomic mass is 35.5. The van der Waals surface area contributed by atoms with E-state index in [0.29, 0.717) is 45.3 Å². The first-order valence-electron chi connectivity index (χ1n) is 7.47. The van der Waals surface area contributed by atoms with E-state index in [1.165, 1.54) is 27.5 Å². The molecule has 0 aliphatic heterocycles. The minimum atomic E-state index is -0.299. The quantitative estimate of drug-likeness (QED) is 0.552. The van der Waals surface area contributed by atoms with Crippen molar-refractivity contribution < 1.29 is 23.7 Å². The molecule has 0 saturated heterocycles. The molecule has 25 heavy (non-hydrogen) atoms. The van der Waals surface area contributed by atoms with E-state index in [2.05, 4.69) is 4.98 Å². The molecule has 0 spiro atoms. The maximum Gasteiger partial charge on any atom is 0.204 e. The van der Waals surface area contributed by atoms with Gasteiger partial charge in [-0.3, -0.25) is 9.78 Å². The number of nitrogens with zero attached hydrogens (tertiary/aromatic N) is 1. The topological polar surface area (TPSA) is 66.9 Å². The number of ether oxygens (including phenoxy) is 4. The van der Waals surface area contributed by atoms with Crippen LogP contribution in [0.3, 0.4) is 0 Å². The minimum Gasteiger partial charge on any atom is -0.493 e. The number of pyridine rings is 1. The Morgan fingerprint density at radius 2 is 1.68 bits per heavy atom. The highest BCUT2D eigenvalue weighted by Crippen LogP contribution is 2.43. The number of aromatic nitrogens is 1. The van der Waals surface area contributed by atoms with Crippen molar-refractivity contribution in [3.8, 4) is 23.0 Å². The van der Waals surface area contributed by atoms with Crippen molar-refractivity contribution in [3.05, 3.63) is 40.7 Å². The minimum absolute atomic E-state index is 0.0762. The summed E-state index contributed by atoms with van der Waals surface area (Å²) in [5.74, 6) is 1.22. The Morgan fingerprint density at radius 1 is 1.00 bits per heavy atom. The molecule has 1 aromatic heterocycles. The van der Waals surface area contributed by atoms with E-state index < -0.39 is 0 Å². The van der Waals surface area contributed by atoms with E-state index in [0.717, 1.165) is 0 Å². The van der Waals surface area contributed by atoms with Crippen LogP contribution in [0.15, 0.2) is 18.5 Å². The normalized spacial score (nSPS) is 10.3. The van der Waals surface area contributed by atoms with Crippen molar-refractivity contribution >= 4 is 17.4 Å². The van der Waals surface area contributed by atoms with Gasteiger partial charge < -0.3 is 18.9 Å². The monoisotopic (exact) mass is 365 g/mol. The van der Waals surface area contributed by atoms with E-state index in [1.54, 1.807) is 26.1 Å². The van der Waals surface area contributed by atoms with Crippen molar-refractivity contribution in [2.45, 2.75) is 13.8 Å². The van der Waals surface area contributed by atoms with Gasteiger partial charge >= 0.3 is 0 Å². The van der Waals surface area contributed by atoms with Gasteiger partial charge in [-0.05, 0) is 25.5 Å². The number of carbonyl (C=O) groups is 1. The number of methoxy groups -OCH3 is 3. The van der Waals surface area contributed by atoms with Gasteiger partial charge in [0.2, 0.25) is 11.5 Å². The van der Waals surface area contributed by atoms with E-state index >= 15 is 0 Å². The maximum absolute atomic E-state index is 13.2. The summed E-state index contributed by atoms with van der Waals surface area (Å²) in [5, 5.41) is 0. The zero-order chi connectivity index (χ0) is 18.6. The van der Waals surface area contributed by atoms with Crippen LogP contribution in [-0.2, 0) is 0 Å². The van der Waals surface area contributed by atoms with Gasteiger partial charge in [0, 0.05) is 18.0 Å². The Balaban J connectivity index is 2.71. The molecule has 0 radical (unpaired) electrons. The first kappa shape index (κ1) is 18.9.